The first-order chi connectivity index (χ1) is 19.8. The molecule has 0 fully saturated rings. The number of ether oxygens (including phenoxy) is 1. The third-order valence-electron chi connectivity index (χ3n) is 7.34. The number of benzene rings is 5. The summed E-state index contributed by atoms with van der Waals surface area (Å²) in [5.74, 6) is 2.08. The average molecular weight is 707 g/mol. The summed E-state index contributed by atoms with van der Waals surface area (Å²) in [7, 11) is 0. The predicted octanol–water partition coefficient (Wildman–Crippen LogP) is 8.94. The third kappa shape index (κ3) is 4.28. The third-order valence-corrected chi connectivity index (χ3v) is 7.34. The largest absolute Gasteiger partial charge is 2.00 e. The van der Waals surface area contributed by atoms with Crippen LogP contribution in [0.1, 0.15) is 0 Å². The van der Waals surface area contributed by atoms with Crippen molar-refractivity contribution < 1.29 is 25.8 Å². The molecule has 0 aliphatic carbocycles. The summed E-state index contributed by atoms with van der Waals surface area (Å²) < 4.78 is 8.54. The molecule has 5 aromatic carbocycles. The first kappa shape index (κ1) is 25.2. The standard InChI is InChI=1S/C36H21N3O.Pt/c1-3-12-29-24(8-1)18-20-37-35(29)26-10-7-11-27(22-26)40-28-16-17-32-31-14-5-6-15-33(31)39(34(32)23-28)36-30-13-4-2-9-25(30)19-21-38-36;/h1-21H;/q-2;+2. The molecular weight excluding hydrogens is 685 g/mol. The molecule has 196 valence electrons. The molecule has 3 aromatic heterocycles. The van der Waals surface area contributed by atoms with Crippen molar-refractivity contribution in [1.82, 2.24) is 14.5 Å². The number of fused-ring (bicyclic) bond motifs is 5. The minimum atomic E-state index is 0. The Balaban J connectivity index is 0.00000276. The van der Waals surface area contributed by atoms with E-state index in [2.05, 4.69) is 82.3 Å². The van der Waals surface area contributed by atoms with E-state index in [1.54, 1.807) is 0 Å². The molecule has 0 atom stereocenters. The SMILES string of the molecule is [Pt+2].[c-]1c(Oc2[c-]c3c(cc2)c2ccccc2n3-c2nccc3ccccc23)cccc1-c1nccc2ccccc12. The predicted molar refractivity (Wildman–Crippen MR) is 161 cm³/mol. The smallest absolute Gasteiger partial charge is 0.503 e. The molecule has 5 heteroatoms. The Morgan fingerprint density at radius 1 is 0.537 bits per heavy atom. The second-order valence-corrected chi connectivity index (χ2v) is 9.70. The molecule has 8 aromatic rings. The number of hydrogen-bond acceptors (Lipinski definition) is 3. The van der Waals surface area contributed by atoms with Crippen LogP contribution in [-0.4, -0.2) is 14.5 Å². The van der Waals surface area contributed by atoms with Gasteiger partial charge in [0.25, 0.3) is 0 Å². The van der Waals surface area contributed by atoms with Crippen LogP contribution >= 0.6 is 0 Å². The normalized spacial score (nSPS) is 11.2. The Morgan fingerprint density at radius 3 is 2.07 bits per heavy atom. The Hall–Kier alpha value is -4.79. The van der Waals surface area contributed by atoms with Crippen molar-refractivity contribution >= 4 is 43.4 Å². The summed E-state index contributed by atoms with van der Waals surface area (Å²) in [4.78, 5) is 9.48. The van der Waals surface area contributed by atoms with E-state index in [4.69, 9.17) is 9.72 Å². The van der Waals surface area contributed by atoms with Gasteiger partial charge in [0.1, 0.15) is 5.82 Å². The van der Waals surface area contributed by atoms with Gasteiger partial charge in [0.2, 0.25) is 0 Å². The fourth-order valence-corrected chi connectivity index (χ4v) is 5.53. The minimum Gasteiger partial charge on any atom is -0.503 e. The van der Waals surface area contributed by atoms with Gasteiger partial charge in [0.15, 0.2) is 0 Å². The monoisotopic (exact) mass is 706 g/mol. The second-order valence-electron chi connectivity index (χ2n) is 9.70. The Kier molecular flexibility index (Phi) is 6.34. The zero-order valence-electron chi connectivity index (χ0n) is 21.7. The van der Waals surface area contributed by atoms with Crippen molar-refractivity contribution in [3.05, 3.63) is 140 Å². The first-order valence-corrected chi connectivity index (χ1v) is 13.2. The number of para-hydroxylation sites is 1. The van der Waals surface area contributed by atoms with Crippen molar-refractivity contribution in [3.63, 3.8) is 0 Å². The topological polar surface area (TPSA) is 39.9 Å². The van der Waals surface area contributed by atoms with E-state index < -0.39 is 0 Å². The van der Waals surface area contributed by atoms with Crippen LogP contribution in [0.2, 0.25) is 0 Å². The fraction of sp³-hybridized carbons (Fsp3) is 0. The van der Waals surface area contributed by atoms with Crippen LogP contribution in [0.4, 0.5) is 0 Å². The van der Waals surface area contributed by atoms with Crippen LogP contribution in [-0.2, 0) is 21.1 Å². The van der Waals surface area contributed by atoms with Gasteiger partial charge in [0.05, 0.1) is 0 Å². The Bertz CT molecular complexity index is 2210. The van der Waals surface area contributed by atoms with Crippen molar-refractivity contribution in [2.75, 3.05) is 0 Å². The van der Waals surface area contributed by atoms with Gasteiger partial charge < -0.3 is 14.3 Å². The van der Waals surface area contributed by atoms with Crippen LogP contribution in [0.5, 0.6) is 11.5 Å². The first-order valence-electron chi connectivity index (χ1n) is 13.2. The van der Waals surface area contributed by atoms with Gasteiger partial charge >= 0.3 is 21.1 Å². The van der Waals surface area contributed by atoms with Gasteiger partial charge in [-0.2, -0.15) is 6.07 Å². The van der Waals surface area contributed by atoms with Gasteiger partial charge in [0, 0.05) is 34.8 Å². The molecule has 0 aliphatic rings. The molecule has 0 spiro atoms. The van der Waals surface area contributed by atoms with E-state index in [0.717, 1.165) is 60.4 Å². The number of nitrogens with zero attached hydrogens (tertiary/aromatic N) is 3. The number of pyridine rings is 2. The Labute approximate surface area is 251 Å². The van der Waals surface area contributed by atoms with Crippen LogP contribution < -0.4 is 4.74 Å². The summed E-state index contributed by atoms with van der Waals surface area (Å²) in [5.41, 5.74) is 3.74. The maximum absolute atomic E-state index is 6.36. The van der Waals surface area contributed by atoms with E-state index in [-0.39, 0.29) is 21.1 Å². The molecule has 4 nitrogen and oxygen atoms in total. The average Bonchev–Trinajstić information content (AvgIpc) is 3.34. The van der Waals surface area contributed by atoms with E-state index in [1.807, 2.05) is 67.0 Å². The molecule has 3 heterocycles. The number of rotatable bonds is 4. The van der Waals surface area contributed by atoms with Crippen LogP contribution in [0.15, 0.2) is 128 Å². The molecule has 41 heavy (non-hydrogen) atoms. The fourth-order valence-electron chi connectivity index (χ4n) is 5.53. The molecule has 8 rings (SSSR count). The van der Waals surface area contributed by atoms with Crippen molar-refractivity contribution in [3.8, 4) is 28.6 Å². The molecule has 0 N–H and O–H groups in total. The van der Waals surface area contributed by atoms with Crippen molar-refractivity contribution in [2.24, 2.45) is 0 Å². The molecule has 0 amide bonds. The van der Waals surface area contributed by atoms with Crippen LogP contribution in [0, 0.1) is 12.1 Å². The maximum atomic E-state index is 6.36. The summed E-state index contributed by atoms with van der Waals surface area (Å²) in [5, 5.41) is 6.68. The van der Waals surface area contributed by atoms with E-state index in [1.165, 1.54) is 0 Å². The van der Waals surface area contributed by atoms with Gasteiger partial charge in [-0.15, -0.1) is 41.3 Å². The molecule has 0 saturated carbocycles. The minimum absolute atomic E-state index is 0. The summed E-state index contributed by atoms with van der Waals surface area (Å²) in [6.45, 7) is 0. The van der Waals surface area contributed by atoms with Crippen molar-refractivity contribution in [1.29, 1.82) is 0 Å². The summed E-state index contributed by atoms with van der Waals surface area (Å²) >= 11 is 0. The maximum Gasteiger partial charge on any atom is 2.00 e. The number of hydrogen-bond donors (Lipinski definition) is 0. The zero-order valence-corrected chi connectivity index (χ0v) is 24.0. The molecule has 0 saturated heterocycles. The molecule has 0 bridgehead atoms. The van der Waals surface area contributed by atoms with E-state index >= 15 is 0 Å². The van der Waals surface area contributed by atoms with Crippen LogP contribution in [0.25, 0.3) is 60.4 Å². The van der Waals surface area contributed by atoms with Gasteiger partial charge in [-0.3, -0.25) is 0 Å². The summed E-state index contributed by atoms with van der Waals surface area (Å²) in [6.07, 6.45) is 3.70. The van der Waals surface area contributed by atoms with Crippen LogP contribution in [0.3, 0.4) is 0 Å². The molecular formula is C36H21N3OPt. The van der Waals surface area contributed by atoms with E-state index in [0.29, 0.717) is 11.5 Å². The van der Waals surface area contributed by atoms with Gasteiger partial charge in [-0.05, 0) is 45.4 Å². The quantitative estimate of drug-likeness (QED) is 0.172. The number of aromatic nitrogens is 3. The van der Waals surface area contributed by atoms with E-state index in [9.17, 15) is 0 Å². The molecule has 0 unspecified atom stereocenters. The van der Waals surface area contributed by atoms with Gasteiger partial charge in [-0.1, -0.05) is 78.3 Å². The second kappa shape index (κ2) is 10.3. The molecule has 0 radical (unpaired) electrons. The Morgan fingerprint density at radius 2 is 1.22 bits per heavy atom. The molecule has 0 aliphatic heterocycles. The zero-order chi connectivity index (χ0) is 26.5. The van der Waals surface area contributed by atoms with Crippen molar-refractivity contribution in [2.45, 2.75) is 0 Å². The summed E-state index contributed by atoms with van der Waals surface area (Å²) in [6, 6.07) is 45.9. The van der Waals surface area contributed by atoms with Gasteiger partial charge in [-0.25, -0.2) is 4.98 Å².